The first-order chi connectivity index (χ1) is 15.5. The Morgan fingerprint density at radius 1 is 1.12 bits per heavy atom. The zero-order valence-electron chi connectivity index (χ0n) is 17.7. The number of hydrogen-bond acceptors (Lipinski definition) is 7. The second-order valence-corrected chi connectivity index (χ2v) is 7.69. The summed E-state index contributed by atoms with van der Waals surface area (Å²) < 4.78 is 16.1. The topological polar surface area (TPSA) is 107 Å². The lowest BCUT2D eigenvalue weighted by Gasteiger charge is -2.34. The smallest absolute Gasteiger partial charge is 0.313 e. The van der Waals surface area contributed by atoms with Crippen molar-refractivity contribution in [2.75, 3.05) is 26.9 Å². The molecule has 2 heterocycles. The largest absolute Gasteiger partial charge is 0.505 e. The summed E-state index contributed by atoms with van der Waals surface area (Å²) in [6.07, 6.45) is 2.40. The molecular formula is C24H24N2O6. The highest BCUT2D eigenvalue weighted by Gasteiger charge is 2.41. The fourth-order valence-electron chi connectivity index (χ4n) is 3.81. The van der Waals surface area contributed by atoms with Gasteiger partial charge in [0.1, 0.15) is 11.5 Å². The van der Waals surface area contributed by atoms with Gasteiger partial charge in [0.25, 0.3) is 5.91 Å². The zero-order valence-corrected chi connectivity index (χ0v) is 17.7. The third-order valence-corrected chi connectivity index (χ3v) is 5.68. The molecule has 8 nitrogen and oxygen atoms in total. The number of pyridine rings is 1. The summed E-state index contributed by atoms with van der Waals surface area (Å²) in [5, 5.41) is 14.5. The van der Waals surface area contributed by atoms with E-state index in [9.17, 15) is 14.7 Å². The van der Waals surface area contributed by atoms with Crippen molar-refractivity contribution in [3.8, 4) is 17.2 Å². The average Bonchev–Trinajstić information content (AvgIpc) is 2.83. The molecule has 166 valence electrons. The summed E-state index contributed by atoms with van der Waals surface area (Å²) in [5.41, 5.74) is -0.958. The summed E-state index contributed by atoms with van der Waals surface area (Å²) in [6.45, 7) is 0.903. The second kappa shape index (κ2) is 9.23. The van der Waals surface area contributed by atoms with Crippen LogP contribution < -0.4 is 10.1 Å². The summed E-state index contributed by atoms with van der Waals surface area (Å²) in [5.74, 6) is 0.0891. The minimum Gasteiger partial charge on any atom is -0.505 e. The number of para-hydroxylation sites is 1. The van der Waals surface area contributed by atoms with Crippen LogP contribution in [-0.4, -0.2) is 48.8 Å². The number of carbonyl (C=O) groups is 2. The number of nitrogens with zero attached hydrogens (tertiary/aromatic N) is 1. The van der Waals surface area contributed by atoms with Crippen LogP contribution in [0.5, 0.6) is 17.2 Å². The average molecular weight is 436 g/mol. The molecule has 1 amide bonds. The van der Waals surface area contributed by atoms with E-state index >= 15 is 0 Å². The van der Waals surface area contributed by atoms with Gasteiger partial charge in [0.05, 0.1) is 12.5 Å². The minimum atomic E-state index is -0.848. The van der Waals surface area contributed by atoms with Crippen molar-refractivity contribution in [1.82, 2.24) is 10.3 Å². The van der Waals surface area contributed by atoms with Gasteiger partial charge in [-0.25, -0.2) is 4.98 Å². The lowest BCUT2D eigenvalue weighted by Crippen LogP contribution is -2.47. The summed E-state index contributed by atoms with van der Waals surface area (Å²) in [4.78, 5) is 29.3. The van der Waals surface area contributed by atoms with Crippen molar-refractivity contribution in [3.63, 3.8) is 0 Å². The predicted molar refractivity (Wildman–Crippen MR) is 117 cm³/mol. The third kappa shape index (κ3) is 4.36. The van der Waals surface area contributed by atoms with Crippen molar-refractivity contribution in [2.24, 2.45) is 5.41 Å². The number of rotatable bonds is 6. The Morgan fingerprint density at radius 2 is 1.88 bits per heavy atom. The van der Waals surface area contributed by atoms with Crippen LogP contribution in [0, 0.1) is 5.41 Å². The van der Waals surface area contributed by atoms with Gasteiger partial charge in [-0.05, 0) is 43.2 Å². The lowest BCUT2D eigenvalue weighted by molar-refractivity contribution is -0.158. The van der Waals surface area contributed by atoms with Crippen LogP contribution in [0.4, 0.5) is 0 Å². The first-order valence-corrected chi connectivity index (χ1v) is 10.3. The maximum absolute atomic E-state index is 12.8. The highest BCUT2D eigenvalue weighted by atomic mass is 16.5. The number of benzene rings is 2. The van der Waals surface area contributed by atoms with Crippen LogP contribution in [0.1, 0.15) is 23.3 Å². The zero-order chi connectivity index (χ0) is 22.6. The number of ether oxygens (including phenoxy) is 3. The van der Waals surface area contributed by atoms with Gasteiger partial charge in [0, 0.05) is 36.7 Å². The van der Waals surface area contributed by atoms with Gasteiger partial charge in [0.15, 0.2) is 11.4 Å². The van der Waals surface area contributed by atoms with Crippen LogP contribution in [0.2, 0.25) is 0 Å². The molecule has 0 unspecified atom stereocenters. The Morgan fingerprint density at radius 3 is 2.59 bits per heavy atom. The Kier molecular flexibility index (Phi) is 6.23. The molecule has 0 bridgehead atoms. The van der Waals surface area contributed by atoms with Crippen molar-refractivity contribution in [3.05, 3.63) is 60.4 Å². The van der Waals surface area contributed by atoms with Crippen LogP contribution >= 0.6 is 0 Å². The number of hydrogen-bond donors (Lipinski definition) is 2. The fraction of sp³-hybridized carbons (Fsp3) is 0.292. The molecule has 32 heavy (non-hydrogen) atoms. The molecule has 2 N–H and O–H groups in total. The monoisotopic (exact) mass is 436 g/mol. The molecule has 0 spiro atoms. The maximum atomic E-state index is 12.8. The number of carbonyl (C=O) groups excluding carboxylic acids is 2. The van der Waals surface area contributed by atoms with Crippen molar-refractivity contribution in [1.29, 1.82) is 0 Å². The summed E-state index contributed by atoms with van der Waals surface area (Å²) in [7, 11) is 1.33. The van der Waals surface area contributed by atoms with Crippen LogP contribution in [0.15, 0.2) is 54.7 Å². The first-order valence-electron chi connectivity index (χ1n) is 10.3. The molecule has 0 aliphatic carbocycles. The summed E-state index contributed by atoms with van der Waals surface area (Å²) >= 11 is 0. The minimum absolute atomic E-state index is 0.0743. The molecule has 8 heteroatoms. The molecule has 0 saturated carbocycles. The highest BCUT2D eigenvalue weighted by molar-refractivity contribution is 6.01. The van der Waals surface area contributed by atoms with Gasteiger partial charge in [-0.1, -0.05) is 18.2 Å². The van der Waals surface area contributed by atoms with Crippen LogP contribution in [0.25, 0.3) is 10.8 Å². The number of amides is 1. The number of aromatic nitrogens is 1. The van der Waals surface area contributed by atoms with Crippen molar-refractivity contribution < 1.29 is 28.9 Å². The van der Waals surface area contributed by atoms with Gasteiger partial charge in [-0.15, -0.1) is 0 Å². The van der Waals surface area contributed by atoms with E-state index in [0.29, 0.717) is 48.3 Å². The SMILES string of the molecule is COC(=O)C1(CNC(=O)c2ncc3cc(Oc4ccccc4)ccc3c2O)CCOCC1. The molecule has 0 radical (unpaired) electrons. The molecule has 1 aliphatic rings. The highest BCUT2D eigenvalue weighted by Crippen LogP contribution is 2.33. The number of aromatic hydroxyl groups is 1. The molecule has 1 fully saturated rings. The third-order valence-electron chi connectivity index (χ3n) is 5.68. The molecule has 1 aliphatic heterocycles. The standard InChI is InChI=1S/C24H24N2O6/c1-30-23(29)24(9-11-31-12-10-24)15-26-22(28)20-21(27)19-8-7-18(13-16(19)14-25-20)32-17-5-3-2-4-6-17/h2-8,13-14,27H,9-12,15H2,1H3,(H,26,28). The second-order valence-electron chi connectivity index (χ2n) is 7.69. The Bertz CT molecular complexity index is 1130. The normalized spacial score (nSPS) is 15.2. The molecular weight excluding hydrogens is 412 g/mol. The quantitative estimate of drug-likeness (QED) is 0.570. The number of fused-ring (bicyclic) bond motifs is 1. The molecule has 1 aromatic heterocycles. The van der Waals surface area contributed by atoms with E-state index in [1.54, 1.807) is 18.2 Å². The molecule has 2 aromatic carbocycles. The molecule has 4 rings (SSSR count). The van der Waals surface area contributed by atoms with Crippen LogP contribution in [0.3, 0.4) is 0 Å². The lowest BCUT2D eigenvalue weighted by atomic mass is 9.80. The Hall–Kier alpha value is -3.65. The van der Waals surface area contributed by atoms with Gasteiger partial charge in [-0.2, -0.15) is 0 Å². The van der Waals surface area contributed by atoms with Crippen molar-refractivity contribution >= 4 is 22.6 Å². The first kappa shape index (κ1) is 21.6. The van der Waals surface area contributed by atoms with E-state index in [1.165, 1.54) is 13.3 Å². The Balaban J connectivity index is 1.52. The van der Waals surface area contributed by atoms with Gasteiger partial charge < -0.3 is 24.6 Å². The van der Waals surface area contributed by atoms with Gasteiger partial charge in [-0.3, -0.25) is 9.59 Å². The van der Waals surface area contributed by atoms with E-state index in [-0.39, 0.29) is 24.0 Å². The fourth-order valence-corrected chi connectivity index (χ4v) is 3.81. The number of methoxy groups -OCH3 is 1. The van der Waals surface area contributed by atoms with E-state index in [2.05, 4.69) is 10.3 Å². The number of nitrogens with one attached hydrogen (secondary N) is 1. The van der Waals surface area contributed by atoms with E-state index in [4.69, 9.17) is 14.2 Å². The van der Waals surface area contributed by atoms with E-state index in [1.807, 2.05) is 30.3 Å². The van der Waals surface area contributed by atoms with Gasteiger partial charge in [0.2, 0.25) is 0 Å². The maximum Gasteiger partial charge on any atom is 0.313 e. The molecule has 1 saturated heterocycles. The number of esters is 1. The molecule has 3 aromatic rings. The van der Waals surface area contributed by atoms with Crippen molar-refractivity contribution in [2.45, 2.75) is 12.8 Å². The van der Waals surface area contributed by atoms with Crippen LogP contribution in [-0.2, 0) is 14.3 Å². The molecule has 0 atom stereocenters. The van der Waals surface area contributed by atoms with Gasteiger partial charge >= 0.3 is 5.97 Å². The van der Waals surface area contributed by atoms with E-state index < -0.39 is 11.3 Å². The summed E-state index contributed by atoms with van der Waals surface area (Å²) in [6, 6.07) is 14.5. The Labute approximate surface area is 185 Å². The predicted octanol–water partition coefficient (Wildman–Crippen LogP) is 3.43. The van der Waals surface area contributed by atoms with E-state index in [0.717, 1.165) is 0 Å².